The molecule has 108 valence electrons. The van der Waals surface area contributed by atoms with Gasteiger partial charge in [-0.3, -0.25) is 9.59 Å². The molecule has 1 saturated heterocycles. The van der Waals surface area contributed by atoms with Crippen molar-refractivity contribution >= 4 is 11.8 Å². The zero-order valence-electron chi connectivity index (χ0n) is 11.7. The normalized spacial score (nSPS) is 28.3. The third-order valence-corrected chi connectivity index (χ3v) is 4.29. The minimum atomic E-state index is -0.413. The summed E-state index contributed by atoms with van der Waals surface area (Å²) in [4.78, 5) is 25.6. The third kappa shape index (κ3) is 3.69. The maximum atomic E-state index is 12.6. The van der Waals surface area contributed by atoms with Crippen LogP contribution in [0.3, 0.4) is 0 Å². The van der Waals surface area contributed by atoms with Gasteiger partial charge in [0, 0.05) is 12.1 Å². The number of piperidine rings is 1. The first kappa shape index (κ1) is 14.3. The Kier molecular flexibility index (Phi) is 4.80. The van der Waals surface area contributed by atoms with Crippen molar-refractivity contribution in [3.05, 3.63) is 0 Å². The van der Waals surface area contributed by atoms with E-state index in [0.29, 0.717) is 6.04 Å². The number of amides is 2. The quantitative estimate of drug-likeness (QED) is 0.790. The molecule has 0 bridgehead atoms. The van der Waals surface area contributed by atoms with Gasteiger partial charge in [-0.15, -0.1) is 0 Å². The van der Waals surface area contributed by atoms with Crippen molar-refractivity contribution in [2.45, 2.75) is 70.0 Å². The molecule has 2 rings (SSSR count). The van der Waals surface area contributed by atoms with Crippen LogP contribution in [-0.2, 0) is 9.59 Å². The van der Waals surface area contributed by atoms with E-state index in [1.807, 2.05) is 0 Å². The molecular weight excluding hydrogens is 242 g/mol. The van der Waals surface area contributed by atoms with Crippen LogP contribution >= 0.6 is 0 Å². The number of carbonyl (C=O) groups is 2. The van der Waals surface area contributed by atoms with E-state index in [1.165, 1.54) is 0 Å². The topological polar surface area (TPSA) is 75.4 Å². The molecule has 0 aromatic rings. The molecule has 1 saturated carbocycles. The van der Waals surface area contributed by atoms with Crippen LogP contribution in [0.25, 0.3) is 0 Å². The molecule has 3 N–H and O–H groups in total. The molecule has 2 fully saturated rings. The fraction of sp³-hybridized carbons (Fsp3) is 0.857. The van der Waals surface area contributed by atoms with E-state index in [9.17, 15) is 9.59 Å². The van der Waals surface area contributed by atoms with Crippen LogP contribution in [0.5, 0.6) is 0 Å². The van der Waals surface area contributed by atoms with E-state index in [0.717, 1.165) is 44.9 Å². The smallest absolute Gasteiger partial charge is 0.240 e. The van der Waals surface area contributed by atoms with E-state index >= 15 is 0 Å². The number of carbonyl (C=O) groups excluding carboxylic acids is 2. The van der Waals surface area contributed by atoms with Crippen molar-refractivity contribution in [1.29, 1.82) is 0 Å². The summed E-state index contributed by atoms with van der Waals surface area (Å²) < 4.78 is 0. The number of hydrogen-bond acceptors (Lipinski definition) is 3. The number of rotatable bonds is 4. The summed E-state index contributed by atoms with van der Waals surface area (Å²) in [5, 5.41) is 3.35. The fourth-order valence-electron chi connectivity index (χ4n) is 3.30. The molecule has 2 atom stereocenters. The summed E-state index contributed by atoms with van der Waals surface area (Å²) in [7, 11) is 0. The third-order valence-electron chi connectivity index (χ3n) is 4.29. The minimum absolute atomic E-state index is 0.0655. The van der Waals surface area contributed by atoms with Gasteiger partial charge in [-0.25, -0.2) is 0 Å². The molecule has 1 heterocycles. The lowest BCUT2D eigenvalue weighted by atomic mass is 9.98. The predicted molar refractivity (Wildman–Crippen MR) is 73.4 cm³/mol. The number of nitrogens with two attached hydrogens (primary N) is 1. The van der Waals surface area contributed by atoms with Gasteiger partial charge < -0.3 is 16.0 Å². The lowest BCUT2D eigenvalue weighted by Gasteiger charge is -2.35. The van der Waals surface area contributed by atoms with Gasteiger partial charge in [0.1, 0.15) is 0 Å². The maximum absolute atomic E-state index is 12.6. The average molecular weight is 267 g/mol. The molecule has 1 aliphatic carbocycles. The van der Waals surface area contributed by atoms with E-state index < -0.39 is 5.91 Å². The van der Waals surface area contributed by atoms with Crippen LogP contribution in [-0.4, -0.2) is 41.4 Å². The van der Waals surface area contributed by atoms with Gasteiger partial charge >= 0.3 is 0 Å². The highest BCUT2D eigenvalue weighted by atomic mass is 16.2. The Morgan fingerprint density at radius 2 is 1.84 bits per heavy atom. The fourth-order valence-corrected chi connectivity index (χ4v) is 3.30. The first-order valence-corrected chi connectivity index (χ1v) is 7.42. The first-order valence-electron chi connectivity index (χ1n) is 7.42. The van der Waals surface area contributed by atoms with Gasteiger partial charge in [-0.2, -0.15) is 0 Å². The standard InChI is InChI=1S/C14H25N3O2/c1-10-5-4-8-12(16-10)14(19)17(9-13(15)18)11-6-2-3-7-11/h10-12,16H,2-9H2,1H3,(H2,15,18). The monoisotopic (exact) mass is 267 g/mol. The highest BCUT2D eigenvalue weighted by Crippen LogP contribution is 2.25. The van der Waals surface area contributed by atoms with E-state index in [-0.39, 0.29) is 24.5 Å². The van der Waals surface area contributed by atoms with Crippen molar-refractivity contribution < 1.29 is 9.59 Å². The van der Waals surface area contributed by atoms with Gasteiger partial charge in [0.05, 0.1) is 12.6 Å². The summed E-state index contributed by atoms with van der Waals surface area (Å²) in [6.45, 7) is 2.17. The van der Waals surface area contributed by atoms with Crippen molar-refractivity contribution in [3.63, 3.8) is 0 Å². The van der Waals surface area contributed by atoms with Crippen LogP contribution in [0, 0.1) is 0 Å². The summed E-state index contributed by atoms with van der Waals surface area (Å²) >= 11 is 0. The highest BCUT2D eigenvalue weighted by Gasteiger charge is 2.33. The molecule has 0 radical (unpaired) electrons. The van der Waals surface area contributed by atoms with Crippen LogP contribution in [0.1, 0.15) is 51.9 Å². The van der Waals surface area contributed by atoms with Crippen LogP contribution in [0.15, 0.2) is 0 Å². The van der Waals surface area contributed by atoms with Crippen molar-refractivity contribution in [2.24, 2.45) is 5.73 Å². The molecule has 0 aromatic heterocycles. The largest absolute Gasteiger partial charge is 0.368 e. The molecule has 1 aliphatic heterocycles. The van der Waals surface area contributed by atoms with E-state index in [1.54, 1.807) is 4.90 Å². The Balaban J connectivity index is 2.03. The second kappa shape index (κ2) is 6.37. The van der Waals surface area contributed by atoms with Crippen molar-refractivity contribution in [3.8, 4) is 0 Å². The molecule has 2 unspecified atom stereocenters. The number of nitrogens with zero attached hydrogens (tertiary/aromatic N) is 1. The summed E-state index contributed by atoms with van der Waals surface area (Å²) in [6, 6.07) is 0.449. The Bertz CT molecular complexity index is 340. The van der Waals surface area contributed by atoms with E-state index in [2.05, 4.69) is 12.2 Å². The zero-order chi connectivity index (χ0) is 13.8. The number of nitrogens with one attached hydrogen (secondary N) is 1. The zero-order valence-corrected chi connectivity index (χ0v) is 11.7. The molecular formula is C14H25N3O2. The molecule has 2 amide bonds. The molecule has 2 aliphatic rings. The van der Waals surface area contributed by atoms with Gasteiger partial charge in [0.2, 0.25) is 11.8 Å². The van der Waals surface area contributed by atoms with Gasteiger partial charge in [0.15, 0.2) is 0 Å². The second-order valence-electron chi connectivity index (χ2n) is 5.92. The lowest BCUT2D eigenvalue weighted by molar-refractivity contribution is -0.140. The highest BCUT2D eigenvalue weighted by molar-refractivity contribution is 5.87. The number of primary amides is 1. The van der Waals surface area contributed by atoms with Crippen LogP contribution < -0.4 is 11.1 Å². The molecule has 19 heavy (non-hydrogen) atoms. The predicted octanol–water partition coefficient (Wildman–Crippen LogP) is 0.773. The van der Waals surface area contributed by atoms with Crippen molar-refractivity contribution in [1.82, 2.24) is 10.2 Å². The molecule has 0 aromatic carbocycles. The van der Waals surface area contributed by atoms with Gasteiger partial charge in [0.25, 0.3) is 0 Å². The Morgan fingerprint density at radius 1 is 1.16 bits per heavy atom. The SMILES string of the molecule is CC1CCCC(C(=O)N(CC(N)=O)C2CCCC2)N1. The number of hydrogen-bond donors (Lipinski definition) is 2. The average Bonchev–Trinajstić information content (AvgIpc) is 2.88. The maximum Gasteiger partial charge on any atom is 0.240 e. The Morgan fingerprint density at radius 3 is 2.42 bits per heavy atom. The van der Waals surface area contributed by atoms with Crippen LogP contribution in [0.4, 0.5) is 0 Å². The van der Waals surface area contributed by atoms with E-state index in [4.69, 9.17) is 5.73 Å². The summed E-state index contributed by atoms with van der Waals surface area (Å²) in [6.07, 6.45) is 7.33. The van der Waals surface area contributed by atoms with Gasteiger partial charge in [-0.1, -0.05) is 12.8 Å². The first-order chi connectivity index (χ1) is 9.08. The molecule has 5 heteroatoms. The summed E-state index contributed by atoms with van der Waals surface area (Å²) in [5.74, 6) is -0.346. The minimum Gasteiger partial charge on any atom is -0.368 e. The Labute approximate surface area is 114 Å². The summed E-state index contributed by atoms with van der Waals surface area (Å²) in [5.41, 5.74) is 5.30. The lowest BCUT2D eigenvalue weighted by Crippen LogP contribution is -2.55. The van der Waals surface area contributed by atoms with Crippen LogP contribution in [0.2, 0.25) is 0 Å². The second-order valence-corrected chi connectivity index (χ2v) is 5.92. The Hall–Kier alpha value is -1.10. The van der Waals surface area contributed by atoms with Crippen molar-refractivity contribution in [2.75, 3.05) is 6.54 Å². The van der Waals surface area contributed by atoms with Gasteiger partial charge in [-0.05, 0) is 39.0 Å². The molecule has 0 spiro atoms. The molecule has 5 nitrogen and oxygen atoms in total.